The van der Waals surface area contributed by atoms with Crippen molar-refractivity contribution in [1.29, 1.82) is 0 Å². The Morgan fingerprint density at radius 1 is 1.22 bits per heavy atom. The van der Waals surface area contributed by atoms with Crippen LogP contribution in [0, 0.1) is 12.8 Å². The van der Waals surface area contributed by atoms with Crippen molar-refractivity contribution in [3.8, 4) is 0 Å². The number of aryl methyl sites for hydroxylation is 1. The molecular weight excluding hydrogens is 364 g/mol. The zero-order valence-electron chi connectivity index (χ0n) is 15.8. The fourth-order valence-electron chi connectivity index (χ4n) is 3.52. The number of thiophene rings is 1. The van der Waals surface area contributed by atoms with Crippen LogP contribution in [0.1, 0.15) is 41.1 Å². The van der Waals surface area contributed by atoms with E-state index in [9.17, 15) is 14.4 Å². The maximum atomic E-state index is 13.0. The number of hydrogen-bond donors (Lipinski definition) is 0. The van der Waals surface area contributed by atoms with Gasteiger partial charge in [0.1, 0.15) is 23.5 Å². The van der Waals surface area contributed by atoms with Crippen LogP contribution in [0.25, 0.3) is 0 Å². The first-order valence-corrected chi connectivity index (χ1v) is 10.1. The van der Waals surface area contributed by atoms with Gasteiger partial charge in [-0.2, -0.15) is 0 Å². The molecule has 1 saturated heterocycles. The van der Waals surface area contributed by atoms with Gasteiger partial charge < -0.3 is 14.2 Å². The Bertz CT molecular complexity index is 823. The Balaban J connectivity index is 1.95. The number of rotatable bonds is 8. The second kappa shape index (κ2) is 8.19. The van der Waals surface area contributed by atoms with E-state index in [2.05, 4.69) is 18.7 Å². The van der Waals surface area contributed by atoms with Gasteiger partial charge in [0.2, 0.25) is 5.78 Å². The molecule has 1 amide bonds. The van der Waals surface area contributed by atoms with Gasteiger partial charge in [-0.15, -0.1) is 11.3 Å². The topological polar surface area (TPSA) is 70.8 Å². The minimum atomic E-state index is -1.06. The third kappa shape index (κ3) is 3.75. The summed E-state index contributed by atoms with van der Waals surface area (Å²) < 4.78 is 5.74. The van der Waals surface area contributed by atoms with Gasteiger partial charge in [0, 0.05) is 13.1 Å². The van der Waals surface area contributed by atoms with Crippen LogP contribution in [-0.4, -0.2) is 53.5 Å². The Hall–Kier alpha value is -2.25. The molecular formula is C20H24N2O4S. The summed E-state index contributed by atoms with van der Waals surface area (Å²) in [7, 11) is 0. The lowest BCUT2D eigenvalue weighted by Gasteiger charge is -2.27. The summed E-state index contributed by atoms with van der Waals surface area (Å²) in [6.45, 7) is 8.64. The highest BCUT2D eigenvalue weighted by atomic mass is 32.1. The molecule has 0 aliphatic carbocycles. The van der Waals surface area contributed by atoms with Crippen LogP contribution in [0.5, 0.6) is 0 Å². The normalized spacial score (nSPS) is 20.1. The van der Waals surface area contributed by atoms with E-state index < -0.39 is 23.7 Å². The van der Waals surface area contributed by atoms with Gasteiger partial charge in [-0.05, 0) is 43.6 Å². The standard InChI is InChI=1S/C20H24N2O4S/c1-4-21(5-2)10-11-22-17(14-9-8-13(3)26-14)16(19(24)20(22)25)18(23)15-7-6-12-27-15/h6-9,12,16-17H,4-5,10-11H2,1-3H3. The van der Waals surface area contributed by atoms with E-state index in [-0.39, 0.29) is 5.78 Å². The molecule has 3 heterocycles. The van der Waals surface area contributed by atoms with Crippen molar-refractivity contribution in [2.24, 2.45) is 5.92 Å². The van der Waals surface area contributed by atoms with E-state index in [0.717, 1.165) is 13.1 Å². The third-order valence-corrected chi connectivity index (χ3v) is 5.94. The van der Waals surface area contributed by atoms with Crippen molar-refractivity contribution in [2.45, 2.75) is 26.8 Å². The number of carbonyl (C=O) groups is 3. The number of amides is 1. The van der Waals surface area contributed by atoms with Crippen molar-refractivity contribution in [1.82, 2.24) is 9.80 Å². The van der Waals surface area contributed by atoms with Crippen molar-refractivity contribution < 1.29 is 18.8 Å². The van der Waals surface area contributed by atoms with Gasteiger partial charge in [-0.3, -0.25) is 14.4 Å². The molecule has 0 spiro atoms. The predicted molar refractivity (Wildman–Crippen MR) is 103 cm³/mol. The molecule has 27 heavy (non-hydrogen) atoms. The van der Waals surface area contributed by atoms with Crippen LogP contribution in [-0.2, 0) is 9.59 Å². The van der Waals surface area contributed by atoms with Crippen molar-refractivity contribution in [3.63, 3.8) is 0 Å². The molecule has 0 N–H and O–H groups in total. The molecule has 2 atom stereocenters. The second-order valence-corrected chi connectivity index (χ2v) is 7.55. The predicted octanol–water partition coefficient (Wildman–Crippen LogP) is 2.94. The zero-order chi connectivity index (χ0) is 19.6. The number of Topliss-reactive ketones (excluding diaryl/α,β-unsaturated/α-hetero) is 2. The maximum Gasteiger partial charge on any atom is 0.291 e. The largest absolute Gasteiger partial charge is 0.464 e. The number of likely N-dealkylation sites (N-methyl/N-ethyl adjacent to an activating group) is 1. The summed E-state index contributed by atoms with van der Waals surface area (Å²) in [5, 5.41) is 1.79. The molecule has 2 aromatic rings. The molecule has 1 fully saturated rings. The number of hydrogen-bond acceptors (Lipinski definition) is 6. The number of ketones is 2. The average molecular weight is 388 g/mol. The first-order valence-electron chi connectivity index (χ1n) is 9.19. The van der Waals surface area contributed by atoms with Gasteiger partial charge in [-0.1, -0.05) is 19.9 Å². The minimum Gasteiger partial charge on any atom is -0.464 e. The summed E-state index contributed by atoms with van der Waals surface area (Å²) in [5.74, 6) is -1.45. The molecule has 1 aliphatic rings. The lowest BCUT2D eigenvalue weighted by molar-refractivity contribution is -0.141. The van der Waals surface area contributed by atoms with Gasteiger partial charge in [0.25, 0.3) is 5.91 Å². The lowest BCUT2D eigenvalue weighted by atomic mass is 9.91. The summed E-state index contributed by atoms with van der Waals surface area (Å²) in [4.78, 5) is 42.7. The number of furan rings is 1. The highest BCUT2D eigenvalue weighted by Crippen LogP contribution is 2.39. The minimum absolute atomic E-state index is 0.312. The Morgan fingerprint density at radius 3 is 2.52 bits per heavy atom. The molecule has 2 aromatic heterocycles. The van der Waals surface area contributed by atoms with E-state index in [1.165, 1.54) is 16.2 Å². The lowest BCUT2D eigenvalue weighted by Crippen LogP contribution is -2.38. The molecule has 1 aliphatic heterocycles. The molecule has 2 unspecified atom stereocenters. The van der Waals surface area contributed by atoms with Gasteiger partial charge in [-0.25, -0.2) is 0 Å². The third-order valence-electron chi connectivity index (χ3n) is 5.06. The summed E-state index contributed by atoms with van der Waals surface area (Å²) in [6.07, 6.45) is 0. The molecule has 6 nitrogen and oxygen atoms in total. The van der Waals surface area contributed by atoms with Crippen LogP contribution >= 0.6 is 11.3 Å². The first kappa shape index (κ1) is 19.5. The molecule has 3 rings (SSSR count). The number of nitrogens with zero attached hydrogens (tertiary/aromatic N) is 2. The van der Waals surface area contributed by atoms with E-state index in [1.54, 1.807) is 36.6 Å². The maximum absolute atomic E-state index is 13.0. The smallest absolute Gasteiger partial charge is 0.291 e. The molecule has 7 heteroatoms. The Labute approximate surface area is 162 Å². The Kier molecular flexibility index (Phi) is 5.92. The van der Waals surface area contributed by atoms with Crippen LogP contribution < -0.4 is 0 Å². The fourth-order valence-corrected chi connectivity index (χ4v) is 4.22. The summed E-state index contributed by atoms with van der Waals surface area (Å²) in [6, 6.07) is 6.31. The molecule has 144 valence electrons. The SMILES string of the molecule is CCN(CC)CCN1C(=O)C(=O)C(C(=O)c2cccs2)C1c1ccc(C)o1. The van der Waals surface area contributed by atoms with Gasteiger partial charge in [0.15, 0.2) is 5.78 Å². The molecule has 0 radical (unpaired) electrons. The van der Waals surface area contributed by atoms with Crippen LogP contribution in [0.3, 0.4) is 0 Å². The number of likely N-dealkylation sites (tertiary alicyclic amines) is 1. The monoisotopic (exact) mass is 388 g/mol. The first-order chi connectivity index (χ1) is 13.0. The molecule has 0 saturated carbocycles. The molecule has 0 aromatic carbocycles. The van der Waals surface area contributed by atoms with Crippen LogP contribution in [0.4, 0.5) is 0 Å². The van der Waals surface area contributed by atoms with Gasteiger partial charge >= 0.3 is 0 Å². The van der Waals surface area contributed by atoms with Gasteiger partial charge in [0.05, 0.1) is 4.88 Å². The molecule has 0 bridgehead atoms. The highest BCUT2D eigenvalue weighted by molar-refractivity contribution is 7.12. The number of carbonyl (C=O) groups excluding carboxylic acids is 3. The van der Waals surface area contributed by atoms with E-state index >= 15 is 0 Å². The van der Waals surface area contributed by atoms with E-state index in [0.29, 0.717) is 29.5 Å². The van der Waals surface area contributed by atoms with E-state index in [1.807, 2.05) is 0 Å². The summed E-state index contributed by atoms with van der Waals surface area (Å²) in [5.41, 5.74) is 0. The second-order valence-electron chi connectivity index (χ2n) is 6.60. The zero-order valence-corrected chi connectivity index (χ0v) is 16.6. The fraction of sp³-hybridized carbons (Fsp3) is 0.450. The quantitative estimate of drug-likeness (QED) is 0.395. The average Bonchev–Trinajstić information content (AvgIpc) is 3.38. The van der Waals surface area contributed by atoms with Crippen molar-refractivity contribution >= 4 is 28.8 Å². The van der Waals surface area contributed by atoms with Crippen LogP contribution in [0.2, 0.25) is 0 Å². The van der Waals surface area contributed by atoms with Crippen molar-refractivity contribution in [2.75, 3.05) is 26.2 Å². The highest BCUT2D eigenvalue weighted by Gasteiger charge is 2.53. The summed E-state index contributed by atoms with van der Waals surface area (Å²) >= 11 is 1.28. The van der Waals surface area contributed by atoms with Crippen molar-refractivity contribution in [3.05, 3.63) is 46.0 Å². The van der Waals surface area contributed by atoms with Crippen LogP contribution in [0.15, 0.2) is 34.1 Å². The van der Waals surface area contributed by atoms with E-state index in [4.69, 9.17) is 4.42 Å². The Morgan fingerprint density at radius 2 is 1.96 bits per heavy atom.